The Kier molecular flexibility index (Phi) is 3.44. The zero-order valence-corrected chi connectivity index (χ0v) is 10.1. The third-order valence-corrected chi connectivity index (χ3v) is 2.54. The van der Waals surface area contributed by atoms with E-state index in [1.54, 1.807) is 12.5 Å². The van der Waals surface area contributed by atoms with E-state index in [2.05, 4.69) is 4.98 Å². The molecule has 0 aliphatic heterocycles. The van der Waals surface area contributed by atoms with E-state index in [0.717, 1.165) is 17.1 Å². The van der Waals surface area contributed by atoms with Crippen LogP contribution in [-0.2, 0) is 0 Å². The maximum Gasteiger partial charge on any atom is 0.121 e. The number of nitrogens with zero attached hydrogens (tertiary/aromatic N) is 2. The highest BCUT2D eigenvalue weighted by Gasteiger charge is 2.08. The zero-order chi connectivity index (χ0) is 12.3. The summed E-state index contributed by atoms with van der Waals surface area (Å²) < 4.78 is 7.46. The molecule has 0 radical (unpaired) electrons. The Bertz CT molecular complexity index is 491. The van der Waals surface area contributed by atoms with Gasteiger partial charge in [-0.2, -0.15) is 0 Å². The lowest BCUT2D eigenvalue weighted by molar-refractivity contribution is 0.340. The van der Waals surface area contributed by atoms with Gasteiger partial charge in [0.25, 0.3) is 0 Å². The molecule has 0 saturated carbocycles. The number of benzene rings is 1. The number of hydrogen-bond acceptors (Lipinski definition) is 3. The Balaban J connectivity index is 2.38. The van der Waals surface area contributed by atoms with Crippen molar-refractivity contribution in [2.45, 2.75) is 19.9 Å². The fraction of sp³-hybridized carbons (Fsp3) is 0.308. The first-order valence-electron chi connectivity index (χ1n) is 5.73. The van der Waals surface area contributed by atoms with Gasteiger partial charge in [0.1, 0.15) is 5.75 Å². The van der Waals surface area contributed by atoms with Crippen molar-refractivity contribution >= 4 is 0 Å². The third kappa shape index (κ3) is 2.47. The summed E-state index contributed by atoms with van der Waals surface area (Å²) in [6.07, 6.45) is 3.56. The van der Waals surface area contributed by atoms with Crippen molar-refractivity contribution in [2.75, 3.05) is 6.61 Å². The maximum absolute atomic E-state index is 5.90. The van der Waals surface area contributed by atoms with Crippen LogP contribution in [0.1, 0.15) is 25.6 Å². The van der Waals surface area contributed by atoms with Crippen molar-refractivity contribution in [2.24, 2.45) is 5.73 Å². The van der Waals surface area contributed by atoms with Crippen LogP contribution in [0.3, 0.4) is 0 Å². The molecule has 0 fully saturated rings. The molecule has 0 bridgehead atoms. The predicted molar refractivity (Wildman–Crippen MR) is 67.3 cm³/mol. The van der Waals surface area contributed by atoms with Crippen molar-refractivity contribution in [3.8, 4) is 11.4 Å². The van der Waals surface area contributed by atoms with Gasteiger partial charge in [-0.15, -0.1) is 0 Å². The van der Waals surface area contributed by atoms with Crippen LogP contribution < -0.4 is 10.5 Å². The molecular formula is C13H17N3O. The van der Waals surface area contributed by atoms with Crippen LogP contribution in [0.15, 0.2) is 36.8 Å². The quantitative estimate of drug-likeness (QED) is 0.878. The van der Waals surface area contributed by atoms with Gasteiger partial charge in [-0.3, -0.25) is 0 Å². The number of hydrogen-bond donors (Lipinski definition) is 1. The fourth-order valence-electron chi connectivity index (χ4n) is 1.75. The van der Waals surface area contributed by atoms with Gasteiger partial charge in [-0.25, -0.2) is 4.98 Å². The molecule has 1 atom stereocenters. The molecule has 1 aromatic heterocycles. The Morgan fingerprint density at radius 2 is 2.29 bits per heavy atom. The Morgan fingerprint density at radius 3 is 3.00 bits per heavy atom. The van der Waals surface area contributed by atoms with E-state index in [4.69, 9.17) is 10.5 Å². The second-order valence-electron chi connectivity index (χ2n) is 3.91. The summed E-state index contributed by atoms with van der Waals surface area (Å²) in [6.45, 7) is 4.57. The molecule has 90 valence electrons. The monoisotopic (exact) mass is 231 g/mol. The topological polar surface area (TPSA) is 53.1 Å². The summed E-state index contributed by atoms with van der Waals surface area (Å²) in [4.78, 5) is 4.14. The summed E-state index contributed by atoms with van der Waals surface area (Å²) in [7, 11) is 0. The summed E-state index contributed by atoms with van der Waals surface area (Å²) in [5, 5.41) is 0. The highest BCUT2D eigenvalue weighted by molar-refractivity contribution is 5.40. The lowest BCUT2D eigenvalue weighted by Gasteiger charge is -2.12. The summed E-state index contributed by atoms with van der Waals surface area (Å²) in [5.74, 6) is 0.856. The molecule has 0 saturated heterocycles. The molecule has 2 N–H and O–H groups in total. The molecule has 0 unspecified atom stereocenters. The van der Waals surface area contributed by atoms with Crippen molar-refractivity contribution < 1.29 is 4.74 Å². The first-order valence-corrected chi connectivity index (χ1v) is 5.73. The normalized spacial score (nSPS) is 12.4. The molecule has 17 heavy (non-hydrogen) atoms. The minimum Gasteiger partial charge on any atom is -0.494 e. The van der Waals surface area contributed by atoms with Crippen LogP contribution in [-0.4, -0.2) is 16.2 Å². The number of nitrogens with two attached hydrogens (primary N) is 1. The highest BCUT2D eigenvalue weighted by Crippen LogP contribution is 2.20. The molecule has 4 heteroatoms. The van der Waals surface area contributed by atoms with Crippen LogP contribution in [0.4, 0.5) is 0 Å². The molecular weight excluding hydrogens is 214 g/mol. The van der Waals surface area contributed by atoms with E-state index in [9.17, 15) is 0 Å². The van der Waals surface area contributed by atoms with Crippen molar-refractivity contribution in [3.63, 3.8) is 0 Å². The van der Waals surface area contributed by atoms with Crippen molar-refractivity contribution in [1.82, 2.24) is 9.55 Å². The largest absolute Gasteiger partial charge is 0.494 e. The van der Waals surface area contributed by atoms with Gasteiger partial charge >= 0.3 is 0 Å². The number of aromatic nitrogens is 2. The number of rotatable bonds is 4. The SMILES string of the molecule is CCOc1cccc(-n2cncc2[C@@H](C)N)c1. The number of ether oxygens (including phenoxy) is 1. The van der Waals surface area contributed by atoms with E-state index in [1.807, 2.05) is 42.7 Å². The molecule has 0 aliphatic carbocycles. The molecule has 0 spiro atoms. The second kappa shape index (κ2) is 5.01. The third-order valence-electron chi connectivity index (χ3n) is 2.54. The minimum absolute atomic E-state index is 0.0479. The molecule has 2 rings (SSSR count). The molecule has 1 aromatic carbocycles. The summed E-state index contributed by atoms with van der Waals surface area (Å²) in [5.41, 5.74) is 7.90. The first-order chi connectivity index (χ1) is 8.22. The van der Waals surface area contributed by atoms with Gasteiger partial charge in [0.2, 0.25) is 0 Å². The van der Waals surface area contributed by atoms with Crippen LogP contribution in [0.5, 0.6) is 5.75 Å². The Hall–Kier alpha value is -1.81. The molecule has 0 amide bonds. The zero-order valence-electron chi connectivity index (χ0n) is 10.1. The smallest absolute Gasteiger partial charge is 0.121 e. The minimum atomic E-state index is -0.0479. The first kappa shape index (κ1) is 11.7. The van der Waals surface area contributed by atoms with Gasteiger partial charge in [-0.05, 0) is 26.0 Å². The highest BCUT2D eigenvalue weighted by atomic mass is 16.5. The van der Waals surface area contributed by atoms with E-state index < -0.39 is 0 Å². The van der Waals surface area contributed by atoms with Gasteiger partial charge in [0.05, 0.1) is 30.5 Å². The molecule has 4 nitrogen and oxygen atoms in total. The average Bonchev–Trinajstić information content (AvgIpc) is 2.79. The van der Waals surface area contributed by atoms with E-state index in [-0.39, 0.29) is 6.04 Å². The van der Waals surface area contributed by atoms with Gasteiger partial charge < -0.3 is 15.0 Å². The summed E-state index contributed by atoms with van der Waals surface area (Å²) >= 11 is 0. The van der Waals surface area contributed by atoms with E-state index in [1.165, 1.54) is 0 Å². The second-order valence-corrected chi connectivity index (χ2v) is 3.91. The number of imidazole rings is 1. The molecule has 2 aromatic rings. The van der Waals surface area contributed by atoms with E-state index in [0.29, 0.717) is 6.61 Å². The standard InChI is InChI=1S/C13H17N3O/c1-3-17-12-6-4-5-11(7-12)16-9-15-8-13(16)10(2)14/h4-10H,3,14H2,1-2H3/t10-/m1/s1. The fourth-order valence-corrected chi connectivity index (χ4v) is 1.75. The van der Waals surface area contributed by atoms with Gasteiger partial charge in [-0.1, -0.05) is 6.07 Å². The van der Waals surface area contributed by atoms with Crippen LogP contribution >= 0.6 is 0 Å². The summed E-state index contributed by atoms with van der Waals surface area (Å²) in [6, 6.07) is 7.85. The predicted octanol–water partition coefficient (Wildman–Crippen LogP) is 2.29. The van der Waals surface area contributed by atoms with Crippen molar-refractivity contribution in [1.29, 1.82) is 0 Å². The maximum atomic E-state index is 5.90. The van der Waals surface area contributed by atoms with Gasteiger partial charge in [0, 0.05) is 12.1 Å². The van der Waals surface area contributed by atoms with Gasteiger partial charge in [0.15, 0.2) is 0 Å². The molecule has 1 heterocycles. The average molecular weight is 231 g/mol. The van der Waals surface area contributed by atoms with E-state index >= 15 is 0 Å². The van der Waals surface area contributed by atoms with Crippen LogP contribution in [0, 0.1) is 0 Å². The Labute approximate surface area is 101 Å². The Morgan fingerprint density at radius 1 is 1.47 bits per heavy atom. The lowest BCUT2D eigenvalue weighted by atomic mass is 10.2. The lowest BCUT2D eigenvalue weighted by Crippen LogP contribution is -2.10. The molecule has 0 aliphatic rings. The van der Waals surface area contributed by atoms with Crippen LogP contribution in [0.25, 0.3) is 5.69 Å². The van der Waals surface area contributed by atoms with Crippen molar-refractivity contribution in [3.05, 3.63) is 42.5 Å². The van der Waals surface area contributed by atoms with Crippen LogP contribution in [0.2, 0.25) is 0 Å².